The van der Waals surface area contributed by atoms with Gasteiger partial charge in [0.25, 0.3) is 5.91 Å². The third-order valence-corrected chi connectivity index (χ3v) is 7.30. The van der Waals surface area contributed by atoms with Crippen LogP contribution in [-0.2, 0) is 0 Å². The summed E-state index contributed by atoms with van der Waals surface area (Å²) in [4.78, 5) is 45.0. The number of aromatic nitrogens is 6. The molecule has 0 aliphatic carbocycles. The van der Waals surface area contributed by atoms with Crippen LogP contribution in [-0.4, -0.2) is 40.7 Å². The summed E-state index contributed by atoms with van der Waals surface area (Å²) in [6.07, 6.45) is 3.18. The predicted octanol–water partition coefficient (Wildman–Crippen LogP) is 6.95. The number of nitro groups is 1. The van der Waals surface area contributed by atoms with Crippen LogP contribution >= 0.6 is 0 Å². The average Bonchev–Trinajstić information content (AvgIpc) is 3.53. The van der Waals surface area contributed by atoms with Crippen molar-refractivity contribution in [3.05, 3.63) is 123 Å². The van der Waals surface area contributed by atoms with E-state index in [1.54, 1.807) is 62.6 Å². The first-order valence-corrected chi connectivity index (χ1v) is 14.5. The Morgan fingerprint density at radius 2 is 1.17 bits per heavy atom. The fraction of sp³-hybridized carbons (Fsp3) is 0.121. The van der Waals surface area contributed by atoms with Gasteiger partial charge in [0.1, 0.15) is 23.0 Å². The lowest BCUT2D eigenvalue weighted by Crippen LogP contribution is -2.12. The van der Waals surface area contributed by atoms with Gasteiger partial charge in [0.15, 0.2) is 0 Å². The van der Waals surface area contributed by atoms with Gasteiger partial charge in [-0.3, -0.25) is 4.79 Å². The summed E-state index contributed by atoms with van der Waals surface area (Å²) in [6.45, 7) is 7.09. The smallest absolute Gasteiger partial charge is 0.324 e. The molecule has 4 heterocycles. The number of aromatic amines is 2. The van der Waals surface area contributed by atoms with Crippen molar-refractivity contribution >= 4 is 35.0 Å². The molecule has 0 saturated heterocycles. The maximum Gasteiger partial charge on any atom is 0.324 e. The zero-order valence-electron chi connectivity index (χ0n) is 26.2. The van der Waals surface area contributed by atoms with Gasteiger partial charge in [0.2, 0.25) is 11.9 Å². The van der Waals surface area contributed by atoms with E-state index >= 15 is 0 Å². The van der Waals surface area contributed by atoms with Gasteiger partial charge in [0, 0.05) is 35.0 Å². The summed E-state index contributed by atoms with van der Waals surface area (Å²) < 4.78 is 25.9. The molecule has 2 aromatic carbocycles. The van der Waals surface area contributed by atoms with Crippen molar-refractivity contribution < 1.29 is 18.5 Å². The SMILES string of the molecule is Cc1[nH]c(C(N)=O)c(C)c1-c1ccnc(Nc2ccc(F)cc2)n1.Cc1[nH]c([N+](=O)[O-])c(C)c1-c1ccnc(Nc2ccc(F)cc2)n1. The van der Waals surface area contributed by atoms with Gasteiger partial charge < -0.3 is 31.5 Å². The van der Waals surface area contributed by atoms with Gasteiger partial charge in [-0.25, -0.2) is 33.7 Å². The Kier molecular flexibility index (Phi) is 9.49. The van der Waals surface area contributed by atoms with Crippen molar-refractivity contribution in [2.75, 3.05) is 10.6 Å². The number of aryl methyl sites for hydroxylation is 2. The highest BCUT2D eigenvalue weighted by molar-refractivity contribution is 5.95. The van der Waals surface area contributed by atoms with E-state index in [4.69, 9.17) is 5.73 Å². The van der Waals surface area contributed by atoms with Crippen molar-refractivity contribution in [1.29, 1.82) is 0 Å². The molecule has 0 unspecified atom stereocenters. The second-order valence-electron chi connectivity index (χ2n) is 10.6. The van der Waals surface area contributed by atoms with Crippen LogP contribution in [0.5, 0.6) is 0 Å². The highest BCUT2D eigenvalue weighted by Gasteiger charge is 2.22. The van der Waals surface area contributed by atoms with E-state index in [-0.39, 0.29) is 17.5 Å². The number of rotatable bonds is 8. The van der Waals surface area contributed by atoms with Crippen molar-refractivity contribution in [2.45, 2.75) is 27.7 Å². The molecule has 244 valence electrons. The molecular weight excluding hydrogens is 622 g/mol. The van der Waals surface area contributed by atoms with Crippen LogP contribution in [0.1, 0.15) is 33.0 Å². The minimum atomic E-state index is -0.513. The van der Waals surface area contributed by atoms with Gasteiger partial charge in [0.05, 0.1) is 22.5 Å². The fourth-order valence-corrected chi connectivity index (χ4v) is 5.12. The van der Waals surface area contributed by atoms with Crippen LogP contribution in [0.2, 0.25) is 0 Å². The van der Waals surface area contributed by atoms with E-state index in [1.165, 1.54) is 24.3 Å². The molecule has 0 aliphatic rings. The summed E-state index contributed by atoms with van der Waals surface area (Å²) in [5.41, 5.74) is 12.5. The van der Waals surface area contributed by atoms with Crippen LogP contribution in [0.3, 0.4) is 0 Å². The van der Waals surface area contributed by atoms with E-state index in [0.29, 0.717) is 57.2 Å². The number of carbonyl (C=O) groups excluding carboxylic acids is 1. The molecule has 0 saturated carbocycles. The molecule has 1 amide bonds. The van der Waals surface area contributed by atoms with Crippen LogP contribution in [0, 0.1) is 49.4 Å². The van der Waals surface area contributed by atoms with Crippen molar-refractivity contribution in [3.8, 4) is 22.5 Å². The van der Waals surface area contributed by atoms with E-state index < -0.39 is 10.8 Å². The van der Waals surface area contributed by atoms with E-state index in [0.717, 1.165) is 16.8 Å². The van der Waals surface area contributed by atoms with Gasteiger partial charge >= 0.3 is 5.82 Å². The number of benzene rings is 2. The van der Waals surface area contributed by atoms with E-state index in [2.05, 4.69) is 40.5 Å². The third kappa shape index (κ3) is 7.31. The molecule has 15 heteroatoms. The average molecular weight is 653 g/mol. The molecule has 6 rings (SSSR count). The molecule has 0 fully saturated rings. The quantitative estimate of drug-likeness (QED) is 0.0854. The Labute approximate surface area is 272 Å². The molecule has 0 bridgehead atoms. The standard InChI is InChI=1S/C17H16FN5O.C16H14FN5O2/c1-9-14(10(2)21-15(9)16(19)24)13-7-8-20-17(23-13)22-12-5-3-11(18)4-6-12;1-9-14(10(2)19-15(9)22(23)24)13-7-8-18-16(21-13)20-12-5-3-11(17)4-6-12/h3-8,21H,1-2H3,(H2,19,24)(H,20,22,23);3-8,19H,1-2H3,(H,18,20,21). The second-order valence-corrected chi connectivity index (χ2v) is 10.6. The minimum absolute atomic E-state index is 0.0471. The topological polar surface area (TPSA) is 193 Å². The first kappa shape index (κ1) is 32.9. The number of hydrogen-bond acceptors (Lipinski definition) is 9. The maximum atomic E-state index is 13.0. The first-order chi connectivity index (χ1) is 22.9. The number of hydrogen-bond donors (Lipinski definition) is 5. The molecule has 4 aromatic heterocycles. The number of nitrogens with one attached hydrogen (secondary N) is 4. The minimum Gasteiger partial charge on any atom is -0.364 e. The first-order valence-electron chi connectivity index (χ1n) is 14.5. The summed E-state index contributed by atoms with van der Waals surface area (Å²) in [5.74, 6) is -0.509. The zero-order chi connectivity index (χ0) is 34.5. The lowest BCUT2D eigenvalue weighted by molar-refractivity contribution is -0.389. The number of nitrogens with two attached hydrogens (primary N) is 1. The Morgan fingerprint density at radius 1 is 0.729 bits per heavy atom. The van der Waals surface area contributed by atoms with Crippen LogP contribution in [0.15, 0.2) is 73.1 Å². The highest BCUT2D eigenvalue weighted by Crippen LogP contribution is 2.32. The van der Waals surface area contributed by atoms with Crippen LogP contribution < -0.4 is 16.4 Å². The van der Waals surface area contributed by atoms with Crippen LogP contribution in [0.25, 0.3) is 22.5 Å². The summed E-state index contributed by atoms with van der Waals surface area (Å²) in [6, 6.07) is 15.1. The lowest BCUT2D eigenvalue weighted by Gasteiger charge is -2.07. The van der Waals surface area contributed by atoms with Gasteiger partial charge in [-0.05, 0) is 98.8 Å². The zero-order valence-corrected chi connectivity index (χ0v) is 26.2. The number of primary amides is 1. The van der Waals surface area contributed by atoms with Crippen molar-refractivity contribution in [1.82, 2.24) is 29.9 Å². The van der Waals surface area contributed by atoms with E-state index in [9.17, 15) is 23.7 Å². The number of halogens is 2. The third-order valence-electron chi connectivity index (χ3n) is 7.30. The number of carbonyl (C=O) groups is 1. The molecule has 0 aliphatic heterocycles. The van der Waals surface area contributed by atoms with Gasteiger partial charge in [-0.1, -0.05) is 0 Å². The largest absolute Gasteiger partial charge is 0.364 e. The van der Waals surface area contributed by atoms with Crippen molar-refractivity contribution in [3.63, 3.8) is 0 Å². The number of anilines is 4. The Morgan fingerprint density at radius 3 is 1.56 bits per heavy atom. The molecule has 6 N–H and O–H groups in total. The predicted molar refractivity (Wildman–Crippen MR) is 177 cm³/mol. The Hall–Kier alpha value is -6.51. The normalized spacial score (nSPS) is 10.6. The van der Waals surface area contributed by atoms with Gasteiger partial charge in [-0.15, -0.1) is 0 Å². The second kappa shape index (κ2) is 13.9. The molecule has 13 nitrogen and oxygen atoms in total. The van der Waals surface area contributed by atoms with E-state index in [1.807, 2.05) is 13.8 Å². The lowest BCUT2D eigenvalue weighted by atomic mass is 10.1. The van der Waals surface area contributed by atoms with Crippen LogP contribution in [0.4, 0.5) is 37.9 Å². The number of nitrogens with zero attached hydrogens (tertiary/aromatic N) is 5. The Balaban J connectivity index is 0.000000188. The molecule has 0 spiro atoms. The summed E-state index contributed by atoms with van der Waals surface area (Å²) in [7, 11) is 0. The fourth-order valence-electron chi connectivity index (χ4n) is 5.12. The van der Waals surface area contributed by atoms with Crippen molar-refractivity contribution in [2.24, 2.45) is 5.73 Å². The summed E-state index contributed by atoms with van der Waals surface area (Å²) >= 11 is 0. The molecule has 6 aromatic rings. The Bertz CT molecular complexity index is 1960. The molecule has 48 heavy (non-hydrogen) atoms. The highest BCUT2D eigenvalue weighted by atomic mass is 19.1. The number of amides is 1. The maximum absolute atomic E-state index is 13.0. The molecule has 0 atom stereocenters. The number of H-pyrrole nitrogens is 2. The molecule has 0 radical (unpaired) electrons. The monoisotopic (exact) mass is 652 g/mol. The molecular formula is C33H30F2N10O3. The summed E-state index contributed by atoms with van der Waals surface area (Å²) in [5, 5.41) is 17.0. The van der Waals surface area contributed by atoms with Gasteiger partial charge in [-0.2, -0.15) is 0 Å².